The second-order valence-electron chi connectivity index (χ2n) is 7.08. The number of hydrogen-bond acceptors (Lipinski definition) is 4. The predicted octanol–water partition coefficient (Wildman–Crippen LogP) is 1.53. The highest BCUT2D eigenvalue weighted by atomic mass is 16.5. The number of guanidine groups is 1. The van der Waals surface area contributed by atoms with Crippen molar-refractivity contribution in [3.63, 3.8) is 0 Å². The van der Waals surface area contributed by atoms with E-state index in [-0.39, 0.29) is 12.0 Å². The maximum Gasteiger partial charge on any atom is 0.221 e. The van der Waals surface area contributed by atoms with E-state index < -0.39 is 0 Å². The van der Waals surface area contributed by atoms with Crippen molar-refractivity contribution in [2.75, 3.05) is 46.4 Å². The molecule has 0 spiro atoms. The fraction of sp³-hybridized carbons (Fsp3) is 0.895. The average molecular weight is 369 g/mol. The van der Waals surface area contributed by atoms with Gasteiger partial charge in [0.15, 0.2) is 5.96 Å². The number of amides is 1. The second-order valence-corrected chi connectivity index (χ2v) is 7.08. The highest BCUT2D eigenvalue weighted by molar-refractivity contribution is 5.81. The lowest BCUT2D eigenvalue weighted by Crippen LogP contribution is -2.47. The minimum absolute atomic E-state index is 0.0897. The zero-order valence-electron chi connectivity index (χ0n) is 16.5. The van der Waals surface area contributed by atoms with E-state index in [1.54, 1.807) is 7.05 Å². The molecule has 2 N–H and O–H groups in total. The van der Waals surface area contributed by atoms with E-state index in [2.05, 4.69) is 27.4 Å². The fourth-order valence-electron chi connectivity index (χ4n) is 3.39. The maximum absolute atomic E-state index is 11.7. The van der Waals surface area contributed by atoms with Crippen molar-refractivity contribution in [3.8, 4) is 0 Å². The van der Waals surface area contributed by atoms with Crippen molar-refractivity contribution < 1.29 is 14.3 Å². The molecule has 2 rings (SSSR count). The Balaban J connectivity index is 1.61. The zero-order chi connectivity index (χ0) is 18.6. The number of piperidine rings is 1. The van der Waals surface area contributed by atoms with Gasteiger partial charge in [-0.05, 0) is 38.5 Å². The average Bonchev–Trinajstić information content (AvgIpc) is 2.69. The molecule has 2 fully saturated rings. The first kappa shape index (κ1) is 21.0. The summed E-state index contributed by atoms with van der Waals surface area (Å²) in [4.78, 5) is 18.3. The lowest BCUT2D eigenvalue weighted by Gasteiger charge is -2.35. The summed E-state index contributed by atoms with van der Waals surface area (Å²) in [6, 6.07) is 0. The van der Waals surface area contributed by atoms with Crippen LogP contribution < -0.4 is 10.6 Å². The number of aliphatic imine (C=N–C) groups is 1. The Kier molecular flexibility index (Phi) is 9.77. The van der Waals surface area contributed by atoms with Crippen LogP contribution in [0.3, 0.4) is 0 Å². The van der Waals surface area contributed by atoms with Crippen LogP contribution in [0.4, 0.5) is 0 Å². The summed E-state index contributed by atoms with van der Waals surface area (Å²) < 4.78 is 11.8. The third kappa shape index (κ3) is 7.50. The Morgan fingerprint density at radius 2 is 2.00 bits per heavy atom. The molecule has 0 saturated carbocycles. The summed E-state index contributed by atoms with van der Waals surface area (Å²) in [6.45, 7) is 6.87. The molecule has 2 saturated heterocycles. The zero-order valence-corrected chi connectivity index (χ0v) is 16.5. The van der Waals surface area contributed by atoms with Gasteiger partial charge in [-0.15, -0.1) is 0 Å². The molecule has 0 aromatic carbocycles. The SMILES string of the molecule is CCCNC(=O)CCNC(=NC)N1CCC(OCC2CCCCO2)CC1. The van der Waals surface area contributed by atoms with Crippen LogP contribution in [0.1, 0.15) is 51.9 Å². The Hall–Kier alpha value is -1.34. The molecular formula is C19H36N4O3. The lowest BCUT2D eigenvalue weighted by molar-refractivity contribution is -0.120. The minimum atomic E-state index is 0.0897. The van der Waals surface area contributed by atoms with Gasteiger partial charge in [-0.1, -0.05) is 6.92 Å². The van der Waals surface area contributed by atoms with Crippen molar-refractivity contribution in [2.24, 2.45) is 4.99 Å². The van der Waals surface area contributed by atoms with Crippen LogP contribution in [0.15, 0.2) is 4.99 Å². The first-order valence-corrected chi connectivity index (χ1v) is 10.2. The smallest absolute Gasteiger partial charge is 0.221 e. The molecule has 26 heavy (non-hydrogen) atoms. The van der Waals surface area contributed by atoms with E-state index in [4.69, 9.17) is 9.47 Å². The van der Waals surface area contributed by atoms with Crippen LogP contribution in [0, 0.1) is 0 Å². The normalized spacial score (nSPS) is 22.3. The molecule has 0 bridgehead atoms. The minimum Gasteiger partial charge on any atom is -0.376 e. The molecular weight excluding hydrogens is 332 g/mol. The summed E-state index contributed by atoms with van der Waals surface area (Å²) in [5.74, 6) is 0.967. The summed E-state index contributed by atoms with van der Waals surface area (Å²) in [6.07, 6.45) is 7.61. The molecule has 7 nitrogen and oxygen atoms in total. The highest BCUT2D eigenvalue weighted by Gasteiger charge is 2.23. The molecule has 2 heterocycles. The number of carbonyl (C=O) groups is 1. The third-order valence-corrected chi connectivity index (χ3v) is 4.95. The lowest BCUT2D eigenvalue weighted by atomic mass is 10.1. The number of rotatable bonds is 8. The summed E-state index contributed by atoms with van der Waals surface area (Å²) in [5.41, 5.74) is 0. The molecule has 2 aliphatic rings. The molecule has 7 heteroatoms. The van der Waals surface area contributed by atoms with Gasteiger partial charge in [0, 0.05) is 46.3 Å². The third-order valence-electron chi connectivity index (χ3n) is 4.95. The number of carbonyl (C=O) groups excluding carboxylic acids is 1. The largest absolute Gasteiger partial charge is 0.376 e. The van der Waals surface area contributed by atoms with E-state index in [0.29, 0.717) is 19.1 Å². The van der Waals surface area contributed by atoms with Gasteiger partial charge >= 0.3 is 0 Å². The Morgan fingerprint density at radius 1 is 1.19 bits per heavy atom. The van der Waals surface area contributed by atoms with E-state index in [1.807, 2.05) is 0 Å². The Labute approximate surface area is 157 Å². The fourth-order valence-corrected chi connectivity index (χ4v) is 3.39. The van der Waals surface area contributed by atoms with Crippen LogP contribution in [-0.2, 0) is 14.3 Å². The van der Waals surface area contributed by atoms with Crippen molar-refractivity contribution >= 4 is 11.9 Å². The first-order chi connectivity index (χ1) is 12.7. The molecule has 2 aliphatic heterocycles. The van der Waals surface area contributed by atoms with Crippen LogP contribution in [-0.4, -0.2) is 75.4 Å². The number of ether oxygens (including phenoxy) is 2. The van der Waals surface area contributed by atoms with E-state index in [9.17, 15) is 4.79 Å². The van der Waals surface area contributed by atoms with Crippen molar-refractivity contribution in [1.29, 1.82) is 0 Å². The number of likely N-dealkylation sites (tertiary alicyclic amines) is 1. The molecule has 0 aromatic rings. The summed E-state index contributed by atoms with van der Waals surface area (Å²) in [7, 11) is 1.79. The van der Waals surface area contributed by atoms with E-state index in [0.717, 1.165) is 64.5 Å². The molecule has 150 valence electrons. The summed E-state index contributed by atoms with van der Waals surface area (Å²) >= 11 is 0. The van der Waals surface area contributed by atoms with Gasteiger partial charge in [-0.2, -0.15) is 0 Å². The van der Waals surface area contributed by atoms with Gasteiger partial charge in [0.05, 0.1) is 18.8 Å². The van der Waals surface area contributed by atoms with Crippen molar-refractivity contribution in [3.05, 3.63) is 0 Å². The molecule has 1 amide bonds. The number of hydrogen-bond donors (Lipinski definition) is 2. The molecule has 0 radical (unpaired) electrons. The van der Waals surface area contributed by atoms with Gasteiger partial charge in [0.2, 0.25) is 5.91 Å². The summed E-state index contributed by atoms with van der Waals surface area (Å²) in [5, 5.41) is 6.19. The van der Waals surface area contributed by atoms with Crippen molar-refractivity contribution in [1.82, 2.24) is 15.5 Å². The van der Waals surface area contributed by atoms with Gasteiger partial charge in [0.25, 0.3) is 0 Å². The molecule has 1 atom stereocenters. The topological polar surface area (TPSA) is 75.2 Å². The number of nitrogens with one attached hydrogen (secondary N) is 2. The van der Waals surface area contributed by atoms with E-state index >= 15 is 0 Å². The maximum atomic E-state index is 11.7. The van der Waals surface area contributed by atoms with Gasteiger partial charge < -0.3 is 25.0 Å². The van der Waals surface area contributed by atoms with Gasteiger partial charge in [0.1, 0.15) is 0 Å². The van der Waals surface area contributed by atoms with Crippen LogP contribution in [0.2, 0.25) is 0 Å². The monoisotopic (exact) mass is 368 g/mol. The predicted molar refractivity (Wildman–Crippen MR) is 103 cm³/mol. The quantitative estimate of drug-likeness (QED) is 0.502. The van der Waals surface area contributed by atoms with Crippen molar-refractivity contribution in [2.45, 2.75) is 64.1 Å². The van der Waals surface area contributed by atoms with Gasteiger partial charge in [-0.25, -0.2) is 0 Å². The first-order valence-electron chi connectivity index (χ1n) is 10.2. The molecule has 0 aromatic heterocycles. The Bertz CT molecular complexity index is 431. The standard InChI is InChI=1S/C19H36N4O3/c1-3-10-21-18(24)7-11-22-19(20-2)23-12-8-16(9-13-23)26-15-17-6-4-5-14-25-17/h16-17H,3-15H2,1-2H3,(H,20,22)(H,21,24). The Morgan fingerprint density at radius 3 is 2.65 bits per heavy atom. The van der Waals surface area contributed by atoms with Gasteiger partial charge in [-0.3, -0.25) is 9.79 Å². The van der Waals surface area contributed by atoms with Crippen LogP contribution >= 0.6 is 0 Å². The molecule has 1 unspecified atom stereocenters. The molecule has 0 aliphatic carbocycles. The van der Waals surface area contributed by atoms with Crippen LogP contribution in [0.5, 0.6) is 0 Å². The number of nitrogens with zero attached hydrogens (tertiary/aromatic N) is 2. The second kappa shape index (κ2) is 12.1. The highest BCUT2D eigenvalue weighted by Crippen LogP contribution is 2.17. The van der Waals surface area contributed by atoms with E-state index in [1.165, 1.54) is 12.8 Å². The van der Waals surface area contributed by atoms with Crippen LogP contribution in [0.25, 0.3) is 0 Å².